The molecule has 2 heteroatoms. The van der Waals surface area contributed by atoms with Crippen molar-refractivity contribution < 1.29 is 0 Å². The van der Waals surface area contributed by atoms with E-state index in [9.17, 15) is 0 Å². The topological polar surface area (TPSA) is 0 Å². The molecule has 0 N–H and O–H groups in total. The Hall–Kier alpha value is 0.622. The minimum absolute atomic E-state index is 0. The fourth-order valence-corrected chi connectivity index (χ4v) is 0.680. The minimum Gasteiger partial charge on any atom is -0.152 e. The van der Waals surface area contributed by atoms with E-state index in [-0.39, 0.29) is 27.3 Å². The van der Waals surface area contributed by atoms with Crippen molar-refractivity contribution in [2.45, 2.75) is 0 Å². The second-order valence-electron chi connectivity index (χ2n) is 0.793. The Morgan fingerprint density at radius 2 is 1.50 bits per heavy atom. The second kappa shape index (κ2) is 3.80. The molecular formula is C4H6PbS. The molecule has 0 aromatic carbocycles. The SMILES string of the molecule is [PbH2].c1ccsc1. The summed E-state index contributed by atoms with van der Waals surface area (Å²) in [6.07, 6.45) is 0. The Bertz CT molecular complexity index is 64.0. The van der Waals surface area contributed by atoms with E-state index in [4.69, 9.17) is 0 Å². The first-order valence-corrected chi connectivity index (χ1v) is 2.41. The Morgan fingerprint density at radius 3 is 1.67 bits per heavy atom. The van der Waals surface area contributed by atoms with Crippen LogP contribution in [0.2, 0.25) is 0 Å². The average molecular weight is 293 g/mol. The van der Waals surface area contributed by atoms with Gasteiger partial charge in [0.1, 0.15) is 0 Å². The van der Waals surface area contributed by atoms with E-state index in [2.05, 4.69) is 0 Å². The first-order valence-electron chi connectivity index (χ1n) is 1.47. The van der Waals surface area contributed by atoms with Crippen molar-refractivity contribution in [3.05, 3.63) is 22.9 Å². The summed E-state index contributed by atoms with van der Waals surface area (Å²) >= 11 is 1.71. The van der Waals surface area contributed by atoms with Crippen LogP contribution in [0, 0.1) is 0 Å². The van der Waals surface area contributed by atoms with Gasteiger partial charge >= 0.3 is 27.3 Å². The maximum atomic E-state index is 2.04. The smallest absolute Gasteiger partial charge is 0.00934 e. The van der Waals surface area contributed by atoms with Gasteiger partial charge in [0.2, 0.25) is 0 Å². The van der Waals surface area contributed by atoms with Crippen LogP contribution in [-0.2, 0) is 0 Å². The Balaban J connectivity index is 0.000000250. The van der Waals surface area contributed by atoms with Crippen LogP contribution in [0.15, 0.2) is 22.9 Å². The quantitative estimate of drug-likeness (QED) is 0.622. The summed E-state index contributed by atoms with van der Waals surface area (Å²) in [5.41, 5.74) is 0. The summed E-state index contributed by atoms with van der Waals surface area (Å²) in [4.78, 5) is 0. The van der Waals surface area contributed by atoms with E-state index in [1.807, 2.05) is 22.9 Å². The molecule has 2 radical (unpaired) electrons. The molecule has 0 unspecified atom stereocenters. The largest absolute Gasteiger partial charge is 0.152 e. The third kappa shape index (κ3) is 1.92. The maximum Gasteiger partial charge on any atom is -0.00934 e. The van der Waals surface area contributed by atoms with Gasteiger partial charge in [-0.05, 0) is 10.8 Å². The molecule has 1 aromatic heterocycles. The van der Waals surface area contributed by atoms with Crippen LogP contribution in [0.1, 0.15) is 0 Å². The van der Waals surface area contributed by atoms with Crippen molar-refractivity contribution in [2.24, 2.45) is 0 Å². The van der Waals surface area contributed by atoms with Gasteiger partial charge < -0.3 is 0 Å². The Kier molecular flexibility index (Phi) is 4.19. The van der Waals surface area contributed by atoms with Crippen molar-refractivity contribution in [1.82, 2.24) is 0 Å². The summed E-state index contributed by atoms with van der Waals surface area (Å²) in [6, 6.07) is 4.04. The zero-order valence-electron chi connectivity index (χ0n) is 3.42. The molecule has 0 aliphatic heterocycles. The monoisotopic (exact) mass is 294 g/mol. The van der Waals surface area contributed by atoms with Crippen molar-refractivity contribution in [3.8, 4) is 0 Å². The van der Waals surface area contributed by atoms with Gasteiger partial charge in [-0.2, -0.15) is 11.3 Å². The molecule has 0 nitrogen and oxygen atoms in total. The molecule has 0 aliphatic carbocycles. The van der Waals surface area contributed by atoms with Crippen LogP contribution < -0.4 is 0 Å². The summed E-state index contributed by atoms with van der Waals surface area (Å²) < 4.78 is 0. The first-order chi connectivity index (χ1) is 2.50. The third-order valence-corrected chi connectivity index (χ3v) is 1.05. The van der Waals surface area contributed by atoms with Gasteiger partial charge in [-0.3, -0.25) is 0 Å². The van der Waals surface area contributed by atoms with Crippen LogP contribution in [0.25, 0.3) is 0 Å². The van der Waals surface area contributed by atoms with E-state index in [0.29, 0.717) is 0 Å². The molecule has 0 fully saturated rings. The van der Waals surface area contributed by atoms with Crippen LogP contribution in [0.4, 0.5) is 0 Å². The van der Waals surface area contributed by atoms with E-state index in [0.717, 1.165) is 0 Å². The molecule has 0 aliphatic rings. The molecule has 1 heterocycles. The fourth-order valence-electron chi connectivity index (χ4n) is 0.227. The predicted octanol–water partition coefficient (Wildman–Crippen LogP) is 0.832. The fraction of sp³-hybridized carbons (Fsp3) is 0. The summed E-state index contributed by atoms with van der Waals surface area (Å²) in [5, 5.41) is 4.08. The van der Waals surface area contributed by atoms with Crippen molar-refractivity contribution in [3.63, 3.8) is 0 Å². The second-order valence-corrected chi connectivity index (χ2v) is 1.61. The third-order valence-electron chi connectivity index (χ3n) is 0.425. The Morgan fingerprint density at radius 1 is 1.00 bits per heavy atom. The minimum atomic E-state index is 0. The van der Waals surface area contributed by atoms with Gasteiger partial charge in [0, 0.05) is 0 Å². The standard InChI is InChI=1S/C4H4S.Pb.2H/c1-2-4-5-3-1;;;/h1-4H;;;. The van der Waals surface area contributed by atoms with Crippen LogP contribution >= 0.6 is 11.3 Å². The summed E-state index contributed by atoms with van der Waals surface area (Å²) in [6.45, 7) is 0. The molecule has 0 saturated heterocycles. The van der Waals surface area contributed by atoms with Gasteiger partial charge in [-0.25, -0.2) is 0 Å². The van der Waals surface area contributed by atoms with E-state index in [1.165, 1.54) is 0 Å². The normalized spacial score (nSPS) is 6.67. The Labute approximate surface area is 61.4 Å². The zero-order chi connectivity index (χ0) is 3.54. The first kappa shape index (κ1) is 6.62. The molecule has 0 saturated carbocycles. The molecule has 0 atom stereocenters. The summed E-state index contributed by atoms with van der Waals surface area (Å²) in [5.74, 6) is 0. The van der Waals surface area contributed by atoms with E-state index >= 15 is 0 Å². The van der Waals surface area contributed by atoms with Crippen LogP contribution in [0.5, 0.6) is 0 Å². The zero-order valence-corrected chi connectivity index (χ0v) is 9.74. The number of rotatable bonds is 0. The van der Waals surface area contributed by atoms with Crippen LogP contribution in [-0.4, -0.2) is 27.3 Å². The van der Waals surface area contributed by atoms with Crippen LogP contribution in [0.3, 0.4) is 0 Å². The molecule has 1 aromatic rings. The predicted molar refractivity (Wildman–Crippen MR) is 32.9 cm³/mol. The maximum absolute atomic E-state index is 2.04. The molecule has 0 bridgehead atoms. The van der Waals surface area contributed by atoms with Gasteiger partial charge in [0.25, 0.3) is 0 Å². The molecule has 1 rings (SSSR count). The van der Waals surface area contributed by atoms with Gasteiger partial charge in [0.05, 0.1) is 0 Å². The van der Waals surface area contributed by atoms with Crippen molar-refractivity contribution >= 4 is 38.6 Å². The van der Waals surface area contributed by atoms with E-state index < -0.39 is 0 Å². The van der Waals surface area contributed by atoms with Crippen molar-refractivity contribution in [2.75, 3.05) is 0 Å². The molecule has 32 valence electrons. The number of thiophene rings is 1. The van der Waals surface area contributed by atoms with Gasteiger partial charge in [0.15, 0.2) is 0 Å². The van der Waals surface area contributed by atoms with E-state index in [1.54, 1.807) is 11.3 Å². The van der Waals surface area contributed by atoms with Gasteiger partial charge in [-0.15, -0.1) is 0 Å². The number of hydrogen-bond donors (Lipinski definition) is 0. The molecule has 6 heavy (non-hydrogen) atoms. The summed E-state index contributed by atoms with van der Waals surface area (Å²) in [7, 11) is 0. The molecular weight excluding hydrogens is 287 g/mol. The molecule has 0 spiro atoms. The number of hydrogen-bond acceptors (Lipinski definition) is 1. The van der Waals surface area contributed by atoms with Crippen molar-refractivity contribution in [1.29, 1.82) is 0 Å². The van der Waals surface area contributed by atoms with Gasteiger partial charge in [-0.1, -0.05) is 12.1 Å². The molecule has 0 amide bonds. The average Bonchev–Trinajstić information content (AvgIpc) is 1.76.